The zero-order valence-electron chi connectivity index (χ0n) is 55.3. The summed E-state index contributed by atoms with van der Waals surface area (Å²) in [6, 6.07) is -0.887. The van der Waals surface area contributed by atoms with Crippen molar-refractivity contribution in [3.63, 3.8) is 0 Å². The van der Waals surface area contributed by atoms with E-state index >= 15 is 0 Å². The molecule has 0 aromatic carbocycles. The first-order valence-corrected chi connectivity index (χ1v) is 35.9. The molecule has 0 rings (SSSR count). The zero-order valence-corrected chi connectivity index (χ0v) is 56.2. The topological polar surface area (TPSA) is 105 Å². The normalized spacial score (nSPS) is 14.7. The average molecular weight is 1200 g/mol. The number of carbonyl (C=O) groups is 1. The molecule has 8 nitrogen and oxygen atoms in total. The lowest BCUT2D eigenvalue weighted by Gasteiger charge is -2.25. The fourth-order valence-corrected chi connectivity index (χ4v) is 9.90. The van der Waals surface area contributed by atoms with Gasteiger partial charge in [-0.15, -0.1) is 0 Å². The number of nitrogens with one attached hydrogen (secondary N) is 1. The summed E-state index contributed by atoms with van der Waals surface area (Å²) in [5.41, 5.74) is 0. The van der Waals surface area contributed by atoms with Crippen molar-refractivity contribution in [2.45, 2.75) is 276 Å². The van der Waals surface area contributed by atoms with Gasteiger partial charge in [-0.05, 0) is 122 Å². The van der Waals surface area contributed by atoms with E-state index in [2.05, 4.69) is 165 Å². The second-order valence-electron chi connectivity index (χ2n) is 23.8. The van der Waals surface area contributed by atoms with E-state index in [1.807, 2.05) is 27.2 Å². The van der Waals surface area contributed by atoms with Crippen molar-refractivity contribution in [1.82, 2.24) is 5.32 Å². The second-order valence-corrected chi connectivity index (χ2v) is 25.3. The lowest BCUT2D eigenvalue weighted by molar-refractivity contribution is -0.870. The smallest absolute Gasteiger partial charge is 0.387 e. The maximum absolute atomic E-state index is 13.0. The predicted octanol–water partition coefficient (Wildman–Crippen LogP) is 22.2. The Kier molecular flexibility index (Phi) is 61.6. The van der Waals surface area contributed by atoms with Gasteiger partial charge in [0, 0.05) is 6.42 Å². The number of hydrogen-bond acceptors (Lipinski definition) is 5. The highest BCUT2D eigenvalue weighted by Crippen LogP contribution is 2.43. The summed E-state index contributed by atoms with van der Waals surface area (Å²) in [5, 5.41) is 14.0. The minimum atomic E-state index is -4.38. The first-order chi connectivity index (χ1) is 41.5. The number of rotatable bonds is 61. The molecule has 3 unspecified atom stereocenters. The molecular weight excluding hydrogens is 1070 g/mol. The Morgan fingerprint density at radius 1 is 0.412 bits per heavy atom. The Labute approximate surface area is 524 Å². The quantitative estimate of drug-likeness (QED) is 0.0243. The maximum atomic E-state index is 13.0. The number of likely N-dealkylation sites (N-methyl/N-ethyl adjacent to an activating group) is 1. The summed E-state index contributed by atoms with van der Waals surface area (Å²) in [6.45, 7) is 4.67. The number of phosphoric acid groups is 1. The molecule has 3 atom stereocenters. The van der Waals surface area contributed by atoms with Crippen LogP contribution in [0.1, 0.15) is 264 Å². The van der Waals surface area contributed by atoms with Gasteiger partial charge in [-0.3, -0.25) is 13.8 Å². The van der Waals surface area contributed by atoms with Crippen molar-refractivity contribution in [2.75, 3.05) is 40.9 Å². The van der Waals surface area contributed by atoms with Gasteiger partial charge in [0.25, 0.3) is 0 Å². The maximum Gasteiger partial charge on any atom is 0.472 e. The predicted molar refractivity (Wildman–Crippen MR) is 373 cm³/mol. The van der Waals surface area contributed by atoms with Gasteiger partial charge in [-0.25, -0.2) is 4.57 Å². The molecule has 0 spiro atoms. The molecule has 0 fully saturated rings. The molecule has 9 heteroatoms. The number of aliphatic hydroxyl groups is 1. The van der Waals surface area contributed by atoms with Gasteiger partial charge in [0.2, 0.25) is 5.91 Å². The molecule has 0 aromatic rings. The number of phosphoric ester groups is 1. The van der Waals surface area contributed by atoms with Gasteiger partial charge in [0.05, 0.1) is 39.9 Å². The molecule has 0 aromatic heterocycles. The second kappa shape index (κ2) is 64.6. The molecule has 484 valence electrons. The molecule has 85 heavy (non-hydrogen) atoms. The molecule has 0 saturated heterocycles. The molecular formula is C76H130N2O6P+. The van der Waals surface area contributed by atoms with Crippen LogP contribution in [0.5, 0.6) is 0 Å². The summed E-state index contributed by atoms with van der Waals surface area (Å²) in [5.74, 6) is -0.205. The number of allylic oxidation sites excluding steroid dienone is 25. The fourth-order valence-electron chi connectivity index (χ4n) is 9.16. The first-order valence-electron chi connectivity index (χ1n) is 34.4. The average Bonchev–Trinajstić information content (AvgIpc) is 3.49. The molecule has 0 aliphatic heterocycles. The van der Waals surface area contributed by atoms with Crippen molar-refractivity contribution in [3.05, 3.63) is 158 Å². The highest BCUT2D eigenvalue weighted by Gasteiger charge is 2.27. The van der Waals surface area contributed by atoms with Gasteiger partial charge in [0.1, 0.15) is 13.2 Å². The van der Waals surface area contributed by atoms with Crippen LogP contribution in [0.2, 0.25) is 0 Å². The third-order valence-electron chi connectivity index (χ3n) is 14.5. The first kappa shape index (κ1) is 81.1. The lowest BCUT2D eigenvalue weighted by atomic mass is 10.0. The van der Waals surface area contributed by atoms with Crippen molar-refractivity contribution >= 4 is 13.7 Å². The summed E-state index contributed by atoms with van der Waals surface area (Å²) in [6.07, 6.45) is 101. The standard InChI is InChI=1S/C76H129N2O6P/c1-6-8-10-12-14-16-18-20-22-24-26-28-30-32-33-34-35-36-37-38-39-40-41-42-43-44-45-46-48-50-52-54-56-58-60-62-64-66-68-70-76(80)77-74(73-84-85(81,82)83-72-71-78(3,4)5)75(79)69-67-65-63-61-59-57-55-53-51-49-47-31-29-27-25-23-21-19-17-15-13-11-9-7-2/h8,10,14,16,20,22,26,28,32-33,35-36,38-39,41-42,44-45,48,50-51,53,59,61,67,69,74-75,79H,6-7,9,11-13,15,17-19,21,23-25,27,29-31,34,37,40,43,46-47,49,52,54-58,60,62-66,68,70-73H2,1-5H3,(H-,77,80,81,82)/p+1/b10-8-,16-14-,22-20-,28-26-,33-32-,36-35-,39-38-,42-41-,45-44-,50-48-,53-51+,61-59+,69-67+. The van der Waals surface area contributed by atoms with E-state index in [0.29, 0.717) is 17.4 Å². The monoisotopic (exact) mass is 1200 g/mol. The lowest BCUT2D eigenvalue weighted by Crippen LogP contribution is -2.45. The molecule has 0 aliphatic carbocycles. The van der Waals surface area contributed by atoms with Crippen molar-refractivity contribution < 1.29 is 32.9 Å². The van der Waals surface area contributed by atoms with Crippen LogP contribution in [0.25, 0.3) is 0 Å². The van der Waals surface area contributed by atoms with E-state index in [4.69, 9.17) is 9.05 Å². The molecule has 0 heterocycles. The van der Waals surface area contributed by atoms with Crippen LogP contribution >= 0.6 is 7.82 Å². The molecule has 3 N–H and O–H groups in total. The van der Waals surface area contributed by atoms with Crippen LogP contribution < -0.4 is 5.32 Å². The molecule has 0 bridgehead atoms. The van der Waals surface area contributed by atoms with E-state index in [0.717, 1.165) is 122 Å². The van der Waals surface area contributed by atoms with Gasteiger partial charge in [-0.1, -0.05) is 294 Å². The fraction of sp³-hybridized carbons (Fsp3) is 0.645. The van der Waals surface area contributed by atoms with Crippen LogP contribution in [0.15, 0.2) is 158 Å². The van der Waals surface area contributed by atoms with Gasteiger partial charge >= 0.3 is 7.82 Å². The van der Waals surface area contributed by atoms with Crippen LogP contribution in [0, 0.1) is 0 Å². The van der Waals surface area contributed by atoms with E-state index in [1.54, 1.807) is 6.08 Å². The molecule has 0 radical (unpaired) electrons. The van der Waals surface area contributed by atoms with E-state index in [9.17, 15) is 19.4 Å². The number of nitrogens with zero attached hydrogens (tertiary/aromatic N) is 1. The van der Waals surface area contributed by atoms with Gasteiger partial charge in [-0.2, -0.15) is 0 Å². The van der Waals surface area contributed by atoms with Gasteiger partial charge in [0.15, 0.2) is 0 Å². The Morgan fingerprint density at radius 3 is 1.08 bits per heavy atom. The number of aliphatic hydroxyl groups excluding tert-OH is 1. The summed E-state index contributed by atoms with van der Waals surface area (Å²) in [4.78, 5) is 23.4. The third kappa shape index (κ3) is 67.5. The number of carbonyl (C=O) groups excluding carboxylic acids is 1. The van der Waals surface area contributed by atoms with E-state index in [-0.39, 0.29) is 19.1 Å². The number of amides is 1. The minimum Gasteiger partial charge on any atom is -0.387 e. The zero-order chi connectivity index (χ0) is 61.9. The number of unbranched alkanes of at least 4 members (excludes halogenated alkanes) is 24. The van der Waals surface area contributed by atoms with Gasteiger partial charge < -0.3 is 19.8 Å². The van der Waals surface area contributed by atoms with Crippen molar-refractivity contribution in [1.29, 1.82) is 0 Å². The van der Waals surface area contributed by atoms with E-state index < -0.39 is 20.0 Å². The Morgan fingerprint density at radius 2 is 0.718 bits per heavy atom. The highest BCUT2D eigenvalue weighted by atomic mass is 31.2. The Hall–Kier alpha value is -3.88. The SMILES string of the molecule is CC/C=C\C/C=C\C/C=C\C/C=C\C/C=C\C/C=C\C/C=C\C/C=C\C/C=C\C/C=C\CCCCCCCCCCC(=O)NC(COP(=O)(O)OCC[N+](C)(C)C)C(O)/C=C/CC/C=C/CC/C=C/CCCCCCCCCCCCCCCC. The van der Waals surface area contributed by atoms with Crippen LogP contribution in [0.4, 0.5) is 0 Å². The van der Waals surface area contributed by atoms with Crippen LogP contribution in [-0.4, -0.2) is 73.4 Å². The Balaban J connectivity index is 4.22. The third-order valence-corrected chi connectivity index (χ3v) is 15.4. The number of quaternary nitrogens is 1. The molecule has 1 amide bonds. The van der Waals surface area contributed by atoms with Crippen LogP contribution in [-0.2, 0) is 18.4 Å². The summed E-state index contributed by atoms with van der Waals surface area (Å²) >= 11 is 0. The largest absolute Gasteiger partial charge is 0.472 e. The van der Waals surface area contributed by atoms with Crippen LogP contribution in [0.3, 0.4) is 0 Å². The summed E-state index contributed by atoms with van der Waals surface area (Å²) in [7, 11) is 1.52. The van der Waals surface area contributed by atoms with Crippen molar-refractivity contribution in [3.8, 4) is 0 Å². The minimum absolute atomic E-state index is 0.0439. The van der Waals surface area contributed by atoms with Crippen molar-refractivity contribution in [2.24, 2.45) is 0 Å². The summed E-state index contributed by atoms with van der Waals surface area (Å²) < 4.78 is 23.8. The molecule has 0 aliphatic rings. The highest BCUT2D eigenvalue weighted by molar-refractivity contribution is 7.47. The molecule has 0 saturated carbocycles. The number of hydrogen-bond donors (Lipinski definition) is 3. The van der Waals surface area contributed by atoms with E-state index in [1.165, 1.54) is 122 Å². The Bertz CT molecular complexity index is 1940.